The molecule has 0 aliphatic carbocycles. The second kappa shape index (κ2) is 6.83. The lowest BCUT2D eigenvalue weighted by atomic mass is 9.93. The van der Waals surface area contributed by atoms with Gasteiger partial charge in [0.05, 0.1) is 0 Å². The highest BCUT2D eigenvalue weighted by Gasteiger charge is 2.30. The summed E-state index contributed by atoms with van der Waals surface area (Å²) in [5.41, 5.74) is 0.142. The van der Waals surface area contributed by atoms with E-state index >= 15 is 0 Å². The van der Waals surface area contributed by atoms with Crippen LogP contribution in [0.15, 0.2) is 18.2 Å². The molecule has 1 saturated heterocycles. The second-order valence-corrected chi connectivity index (χ2v) is 6.95. The minimum atomic E-state index is -0.855. The van der Waals surface area contributed by atoms with Gasteiger partial charge in [0, 0.05) is 19.1 Å². The summed E-state index contributed by atoms with van der Waals surface area (Å²) in [5, 5.41) is 3.29. The highest BCUT2D eigenvalue weighted by molar-refractivity contribution is 5.68. The van der Waals surface area contributed by atoms with Crippen LogP contribution in [0.25, 0.3) is 0 Å². The Morgan fingerprint density at radius 1 is 1.30 bits per heavy atom. The Kier molecular flexibility index (Phi) is 5.24. The normalized spacial score (nSPS) is 21.8. The van der Waals surface area contributed by atoms with E-state index in [1.54, 1.807) is 18.0 Å². The molecule has 6 heteroatoms. The molecule has 0 bridgehead atoms. The average Bonchev–Trinajstić information content (AvgIpc) is 2.47. The fourth-order valence-electron chi connectivity index (χ4n) is 2.72. The number of nitrogens with zero attached hydrogens (tertiary/aromatic N) is 1. The molecule has 1 aliphatic rings. The molecule has 1 fully saturated rings. The zero-order valence-corrected chi connectivity index (χ0v) is 14.0. The molecule has 2 rings (SSSR count). The van der Waals surface area contributed by atoms with Crippen molar-refractivity contribution in [2.75, 3.05) is 13.6 Å². The molecular weight excluding hydrogens is 302 g/mol. The van der Waals surface area contributed by atoms with Crippen LogP contribution in [0.2, 0.25) is 0 Å². The first kappa shape index (κ1) is 17.7. The van der Waals surface area contributed by atoms with E-state index in [0.717, 1.165) is 12.5 Å². The van der Waals surface area contributed by atoms with Gasteiger partial charge in [-0.05, 0) is 57.9 Å². The van der Waals surface area contributed by atoms with Crippen molar-refractivity contribution in [1.29, 1.82) is 0 Å². The minimum absolute atomic E-state index is 0.00999. The standard InChI is InChI=1S/C17H24F2N2O2/c1-17(2,3)23-16(22)21(4)12-7-8-20-15(10-12)11-5-6-13(18)14(19)9-11/h5-6,9,12,15,20H,7-8,10H2,1-4H3. The van der Waals surface area contributed by atoms with E-state index in [0.29, 0.717) is 18.5 Å². The third kappa shape index (κ3) is 4.64. The SMILES string of the molecule is CN(C(=O)OC(C)(C)C)C1CCNC(c2ccc(F)c(F)c2)C1. The molecule has 1 aliphatic heterocycles. The van der Waals surface area contributed by atoms with Crippen LogP contribution in [0, 0.1) is 11.6 Å². The van der Waals surface area contributed by atoms with Gasteiger partial charge in [0.15, 0.2) is 11.6 Å². The van der Waals surface area contributed by atoms with Gasteiger partial charge in [0.1, 0.15) is 5.60 Å². The first-order valence-corrected chi connectivity index (χ1v) is 7.81. The Bertz CT molecular complexity index is 572. The third-order valence-corrected chi connectivity index (χ3v) is 3.95. The Morgan fingerprint density at radius 3 is 2.61 bits per heavy atom. The number of hydrogen-bond acceptors (Lipinski definition) is 3. The van der Waals surface area contributed by atoms with E-state index in [1.807, 2.05) is 20.8 Å². The molecule has 2 unspecified atom stereocenters. The van der Waals surface area contributed by atoms with E-state index in [9.17, 15) is 13.6 Å². The van der Waals surface area contributed by atoms with Gasteiger partial charge in [-0.25, -0.2) is 13.6 Å². The molecule has 4 nitrogen and oxygen atoms in total. The largest absolute Gasteiger partial charge is 0.444 e. The van der Waals surface area contributed by atoms with Gasteiger partial charge in [-0.1, -0.05) is 6.07 Å². The fourth-order valence-corrected chi connectivity index (χ4v) is 2.72. The van der Waals surface area contributed by atoms with Gasteiger partial charge in [0.25, 0.3) is 0 Å². The molecule has 128 valence electrons. The van der Waals surface area contributed by atoms with Crippen molar-refractivity contribution >= 4 is 6.09 Å². The second-order valence-electron chi connectivity index (χ2n) is 6.95. The summed E-state index contributed by atoms with van der Waals surface area (Å²) in [6.45, 7) is 6.17. The van der Waals surface area contributed by atoms with Gasteiger partial charge in [-0.15, -0.1) is 0 Å². The van der Waals surface area contributed by atoms with Gasteiger partial charge in [-0.2, -0.15) is 0 Å². The number of hydrogen-bond donors (Lipinski definition) is 1. The van der Waals surface area contributed by atoms with Crippen LogP contribution in [-0.4, -0.2) is 36.2 Å². The first-order chi connectivity index (χ1) is 10.7. The Morgan fingerprint density at radius 2 is 2.00 bits per heavy atom. The molecule has 1 amide bonds. The molecule has 0 radical (unpaired) electrons. The van der Waals surface area contributed by atoms with Crippen LogP contribution < -0.4 is 5.32 Å². The lowest BCUT2D eigenvalue weighted by molar-refractivity contribution is 0.0179. The van der Waals surface area contributed by atoms with Crippen molar-refractivity contribution in [1.82, 2.24) is 10.2 Å². The van der Waals surface area contributed by atoms with E-state index in [4.69, 9.17) is 4.74 Å². The predicted molar refractivity (Wildman–Crippen MR) is 84.1 cm³/mol. The van der Waals surface area contributed by atoms with Crippen molar-refractivity contribution < 1.29 is 18.3 Å². The topological polar surface area (TPSA) is 41.6 Å². The Balaban J connectivity index is 2.05. The summed E-state index contributed by atoms with van der Waals surface area (Å²) in [7, 11) is 1.71. The highest BCUT2D eigenvalue weighted by Crippen LogP contribution is 2.27. The Hall–Kier alpha value is -1.69. The van der Waals surface area contributed by atoms with Crippen LogP contribution in [0.4, 0.5) is 13.6 Å². The van der Waals surface area contributed by atoms with E-state index in [2.05, 4.69) is 5.32 Å². The smallest absolute Gasteiger partial charge is 0.410 e. The number of ether oxygens (including phenoxy) is 1. The van der Waals surface area contributed by atoms with Crippen LogP contribution in [-0.2, 0) is 4.74 Å². The molecule has 23 heavy (non-hydrogen) atoms. The van der Waals surface area contributed by atoms with E-state index in [-0.39, 0.29) is 18.2 Å². The van der Waals surface area contributed by atoms with Crippen LogP contribution in [0.5, 0.6) is 0 Å². The third-order valence-electron chi connectivity index (χ3n) is 3.95. The summed E-state index contributed by atoms with van der Waals surface area (Å²) in [4.78, 5) is 13.8. The number of halogens is 2. The predicted octanol–water partition coefficient (Wildman–Crippen LogP) is 3.62. The molecule has 0 aromatic heterocycles. The van der Waals surface area contributed by atoms with Gasteiger partial charge in [-0.3, -0.25) is 0 Å². The Labute approximate surface area is 135 Å². The summed E-state index contributed by atoms with van der Waals surface area (Å²) >= 11 is 0. The van der Waals surface area contributed by atoms with E-state index in [1.165, 1.54) is 6.07 Å². The van der Waals surface area contributed by atoms with Crippen LogP contribution >= 0.6 is 0 Å². The van der Waals surface area contributed by atoms with Crippen molar-refractivity contribution in [2.45, 2.75) is 51.3 Å². The highest BCUT2D eigenvalue weighted by atomic mass is 19.2. The summed E-state index contributed by atoms with van der Waals surface area (Å²) in [6, 6.07) is 3.79. The zero-order chi connectivity index (χ0) is 17.2. The van der Waals surface area contributed by atoms with Crippen molar-refractivity contribution in [3.63, 3.8) is 0 Å². The van der Waals surface area contributed by atoms with E-state index < -0.39 is 17.2 Å². The molecule has 1 aromatic carbocycles. The summed E-state index contributed by atoms with van der Waals surface area (Å²) in [6.07, 6.45) is 1.05. The summed E-state index contributed by atoms with van der Waals surface area (Å²) < 4.78 is 31.9. The molecule has 2 atom stereocenters. The average molecular weight is 326 g/mol. The number of benzene rings is 1. The van der Waals surface area contributed by atoms with Crippen LogP contribution in [0.1, 0.15) is 45.2 Å². The van der Waals surface area contributed by atoms with Crippen molar-refractivity contribution in [3.05, 3.63) is 35.4 Å². The van der Waals surface area contributed by atoms with Gasteiger partial charge < -0.3 is 15.0 Å². The number of piperidine rings is 1. The lowest BCUT2D eigenvalue weighted by Crippen LogP contribution is -2.46. The monoisotopic (exact) mass is 326 g/mol. The number of rotatable bonds is 2. The molecule has 0 saturated carbocycles. The number of nitrogens with one attached hydrogen (secondary N) is 1. The molecule has 0 spiro atoms. The maximum absolute atomic E-state index is 13.4. The minimum Gasteiger partial charge on any atom is -0.444 e. The number of amides is 1. The number of carbonyl (C=O) groups excluding carboxylic acids is 1. The lowest BCUT2D eigenvalue weighted by Gasteiger charge is -2.37. The van der Waals surface area contributed by atoms with Gasteiger partial charge in [0.2, 0.25) is 0 Å². The maximum Gasteiger partial charge on any atom is 0.410 e. The molecule has 1 heterocycles. The number of carbonyl (C=O) groups is 1. The fraction of sp³-hybridized carbons (Fsp3) is 0.588. The maximum atomic E-state index is 13.4. The molecular formula is C17H24F2N2O2. The molecule has 1 aromatic rings. The first-order valence-electron chi connectivity index (χ1n) is 7.81. The molecule has 1 N–H and O–H groups in total. The van der Waals surface area contributed by atoms with Crippen LogP contribution in [0.3, 0.4) is 0 Å². The summed E-state index contributed by atoms with van der Waals surface area (Å²) in [5.74, 6) is -1.71. The van der Waals surface area contributed by atoms with Crippen molar-refractivity contribution in [3.8, 4) is 0 Å². The van der Waals surface area contributed by atoms with Gasteiger partial charge >= 0.3 is 6.09 Å². The zero-order valence-electron chi connectivity index (χ0n) is 14.0. The quantitative estimate of drug-likeness (QED) is 0.902. The van der Waals surface area contributed by atoms with Crippen molar-refractivity contribution in [2.24, 2.45) is 0 Å².